The van der Waals surface area contributed by atoms with Crippen LogP contribution in [0.2, 0.25) is 0 Å². The molecule has 0 bridgehead atoms. The minimum Gasteiger partial charge on any atom is -0.322 e. The minimum atomic E-state index is -0.968. The first-order valence-electron chi connectivity index (χ1n) is 13.2. The van der Waals surface area contributed by atoms with Gasteiger partial charge in [0.05, 0.1) is 11.6 Å². The summed E-state index contributed by atoms with van der Waals surface area (Å²) in [5.74, 6) is -1.40. The van der Waals surface area contributed by atoms with Crippen molar-refractivity contribution in [3.8, 4) is 6.07 Å². The van der Waals surface area contributed by atoms with Crippen molar-refractivity contribution in [2.75, 3.05) is 31.5 Å². The highest BCUT2D eigenvalue weighted by Gasteiger charge is 2.58. The molecule has 2 saturated carbocycles. The number of urea groups is 1. The maximum Gasteiger partial charge on any atom is 0.322 e. The Bertz CT molecular complexity index is 1140. The molecule has 0 radical (unpaired) electrons. The molecule has 5 nitrogen and oxygen atoms in total. The summed E-state index contributed by atoms with van der Waals surface area (Å²) in [6, 6.07) is 13.6. The number of amides is 2. The quantitative estimate of drug-likeness (QED) is 0.456. The van der Waals surface area contributed by atoms with Gasteiger partial charge in [-0.05, 0) is 112 Å². The Morgan fingerprint density at radius 3 is 2.72 bits per heavy atom. The monoisotopic (exact) mass is 492 g/mol. The molecule has 3 fully saturated rings. The number of benzene rings is 2. The summed E-state index contributed by atoms with van der Waals surface area (Å²) in [6.07, 6.45) is 8.38. The predicted molar refractivity (Wildman–Crippen MR) is 136 cm³/mol. The lowest BCUT2D eigenvalue weighted by atomic mass is 9.80. The van der Waals surface area contributed by atoms with E-state index in [0.29, 0.717) is 18.0 Å². The van der Waals surface area contributed by atoms with Gasteiger partial charge >= 0.3 is 6.03 Å². The first-order valence-corrected chi connectivity index (χ1v) is 13.2. The summed E-state index contributed by atoms with van der Waals surface area (Å²) in [4.78, 5) is 17.8. The van der Waals surface area contributed by atoms with Crippen LogP contribution in [0.25, 0.3) is 0 Å². The fourth-order valence-corrected chi connectivity index (χ4v) is 6.39. The fourth-order valence-electron chi connectivity index (χ4n) is 6.39. The van der Waals surface area contributed by atoms with Gasteiger partial charge in [0.1, 0.15) is 0 Å². The lowest BCUT2D eigenvalue weighted by Crippen LogP contribution is -2.46. The zero-order valence-electron chi connectivity index (χ0n) is 20.7. The minimum absolute atomic E-state index is 0.113. The van der Waals surface area contributed by atoms with E-state index in [1.807, 2.05) is 23.1 Å². The number of nitriles is 1. The molecule has 7 heteroatoms. The predicted octanol–water partition coefficient (Wildman–Crippen LogP) is 6.06. The molecule has 1 heterocycles. The van der Waals surface area contributed by atoms with Crippen molar-refractivity contribution >= 4 is 11.7 Å². The van der Waals surface area contributed by atoms with Crippen LogP contribution < -0.4 is 5.32 Å². The van der Waals surface area contributed by atoms with Crippen LogP contribution in [0.1, 0.15) is 62.5 Å². The van der Waals surface area contributed by atoms with E-state index in [2.05, 4.69) is 22.4 Å². The van der Waals surface area contributed by atoms with Gasteiger partial charge in [-0.25, -0.2) is 13.6 Å². The SMILES string of the molecule is N#Cc1cccc([C@]23CC[C@@H](N(CCCCN4CCCC4)C(=O)Nc4ccc(F)c(F)c4)CC2C3)c1. The largest absolute Gasteiger partial charge is 0.322 e. The molecule has 3 atom stereocenters. The normalized spacial score (nSPS) is 25.1. The van der Waals surface area contributed by atoms with Crippen molar-refractivity contribution in [3.63, 3.8) is 0 Å². The lowest BCUT2D eigenvalue weighted by Gasteiger charge is -2.37. The van der Waals surface area contributed by atoms with Crippen molar-refractivity contribution in [1.29, 1.82) is 5.26 Å². The highest BCUT2D eigenvalue weighted by molar-refractivity contribution is 5.89. The van der Waals surface area contributed by atoms with Crippen LogP contribution in [0.5, 0.6) is 0 Å². The molecule has 3 aliphatic rings. The highest BCUT2D eigenvalue weighted by Crippen LogP contribution is 2.62. The van der Waals surface area contributed by atoms with Gasteiger partial charge in [0.2, 0.25) is 0 Å². The number of carbonyl (C=O) groups is 1. The van der Waals surface area contributed by atoms with Crippen molar-refractivity contribution < 1.29 is 13.6 Å². The van der Waals surface area contributed by atoms with Gasteiger partial charge in [0.15, 0.2) is 11.6 Å². The molecule has 2 amide bonds. The van der Waals surface area contributed by atoms with E-state index in [1.165, 1.54) is 37.6 Å². The lowest BCUT2D eigenvalue weighted by molar-refractivity contribution is 0.158. The number of nitrogens with one attached hydrogen (secondary N) is 1. The van der Waals surface area contributed by atoms with Crippen LogP contribution in [-0.2, 0) is 5.41 Å². The molecule has 2 aromatic carbocycles. The smallest absolute Gasteiger partial charge is 0.322 e. The summed E-state index contributed by atoms with van der Waals surface area (Å²) in [5.41, 5.74) is 2.33. The van der Waals surface area contributed by atoms with E-state index in [9.17, 15) is 18.8 Å². The zero-order valence-corrected chi connectivity index (χ0v) is 20.7. The van der Waals surface area contributed by atoms with Gasteiger partial charge in [-0.15, -0.1) is 0 Å². The molecule has 1 saturated heterocycles. The summed E-state index contributed by atoms with van der Waals surface area (Å²) >= 11 is 0. The molecule has 36 heavy (non-hydrogen) atoms. The van der Waals surface area contributed by atoms with Gasteiger partial charge in [-0.3, -0.25) is 0 Å². The summed E-state index contributed by atoms with van der Waals surface area (Å²) in [6.45, 7) is 4.04. The Labute approximate surface area is 212 Å². The second-order valence-corrected chi connectivity index (χ2v) is 10.7. The van der Waals surface area contributed by atoms with Gasteiger partial charge in [-0.2, -0.15) is 5.26 Å². The Kier molecular flexibility index (Phi) is 7.25. The first-order chi connectivity index (χ1) is 17.5. The second kappa shape index (κ2) is 10.6. The average molecular weight is 493 g/mol. The third-order valence-corrected chi connectivity index (χ3v) is 8.47. The molecular formula is C29H34F2N4O. The number of carbonyl (C=O) groups excluding carboxylic acids is 1. The van der Waals surface area contributed by atoms with E-state index in [-0.39, 0.29) is 23.2 Å². The summed E-state index contributed by atoms with van der Waals surface area (Å²) < 4.78 is 27.1. The van der Waals surface area contributed by atoms with E-state index < -0.39 is 11.6 Å². The van der Waals surface area contributed by atoms with Crippen molar-refractivity contribution in [2.45, 2.75) is 62.8 Å². The number of unbranched alkanes of at least 4 members (excludes halogenated alkanes) is 1. The second-order valence-electron chi connectivity index (χ2n) is 10.7. The molecule has 1 N–H and O–H groups in total. The molecule has 2 aromatic rings. The number of anilines is 1. The average Bonchev–Trinajstić information content (AvgIpc) is 3.40. The molecule has 1 unspecified atom stereocenters. The zero-order chi connectivity index (χ0) is 25.1. The number of rotatable bonds is 8. The third-order valence-electron chi connectivity index (χ3n) is 8.47. The highest BCUT2D eigenvalue weighted by atomic mass is 19.2. The van der Waals surface area contributed by atoms with E-state index >= 15 is 0 Å². The van der Waals surface area contributed by atoms with Crippen molar-refractivity contribution in [2.24, 2.45) is 5.92 Å². The first kappa shape index (κ1) is 24.7. The van der Waals surface area contributed by atoms with Crippen LogP contribution in [0, 0.1) is 28.9 Å². The molecule has 190 valence electrons. The molecule has 2 aliphatic carbocycles. The topological polar surface area (TPSA) is 59.4 Å². The number of likely N-dealkylation sites (tertiary alicyclic amines) is 1. The van der Waals surface area contributed by atoms with Crippen molar-refractivity contribution in [1.82, 2.24) is 9.80 Å². The summed E-state index contributed by atoms with van der Waals surface area (Å²) in [7, 11) is 0. The number of hydrogen-bond acceptors (Lipinski definition) is 3. The van der Waals surface area contributed by atoms with Crippen LogP contribution >= 0.6 is 0 Å². The Morgan fingerprint density at radius 1 is 1.14 bits per heavy atom. The molecule has 0 aromatic heterocycles. The maximum atomic E-state index is 13.7. The molecule has 5 rings (SSSR count). The maximum absolute atomic E-state index is 13.7. The van der Waals surface area contributed by atoms with Gasteiger partial charge in [0, 0.05) is 24.3 Å². The Morgan fingerprint density at radius 2 is 1.97 bits per heavy atom. The Hall–Kier alpha value is -2.98. The standard InChI is InChI=1S/C29H34F2N4O/c30-26-9-8-24(18-27(26)31)33-28(36)35(15-4-3-14-34-12-1-2-13-34)25-10-11-29(19-23(29)17-25)22-7-5-6-21(16-22)20-32/h5-9,16,18,23,25H,1-4,10-15,17,19H2,(H,33,36)/t23?,25-,29-/m1/s1. The van der Waals surface area contributed by atoms with Gasteiger partial charge < -0.3 is 15.1 Å². The van der Waals surface area contributed by atoms with Crippen molar-refractivity contribution in [3.05, 3.63) is 65.2 Å². The van der Waals surface area contributed by atoms with Crippen LogP contribution in [0.4, 0.5) is 19.3 Å². The van der Waals surface area contributed by atoms with Gasteiger partial charge in [0.25, 0.3) is 0 Å². The Balaban J connectivity index is 1.25. The molecular weight excluding hydrogens is 458 g/mol. The number of halogens is 2. The number of hydrogen-bond donors (Lipinski definition) is 1. The molecule has 0 spiro atoms. The van der Waals surface area contributed by atoms with E-state index in [0.717, 1.165) is 57.2 Å². The van der Waals surface area contributed by atoms with Crippen LogP contribution in [0.15, 0.2) is 42.5 Å². The number of nitrogens with zero attached hydrogens (tertiary/aromatic N) is 3. The molecule has 1 aliphatic heterocycles. The van der Waals surface area contributed by atoms with Crippen LogP contribution in [0.3, 0.4) is 0 Å². The van der Waals surface area contributed by atoms with Gasteiger partial charge in [-0.1, -0.05) is 12.1 Å². The number of fused-ring (bicyclic) bond motifs is 1. The third kappa shape index (κ3) is 5.24. The van der Waals surface area contributed by atoms with Crippen LogP contribution in [-0.4, -0.2) is 48.1 Å². The summed E-state index contributed by atoms with van der Waals surface area (Å²) in [5, 5.41) is 12.1. The van der Waals surface area contributed by atoms with E-state index in [4.69, 9.17) is 0 Å². The fraction of sp³-hybridized carbons (Fsp3) is 0.517. The van der Waals surface area contributed by atoms with E-state index in [1.54, 1.807) is 0 Å².